The van der Waals surface area contributed by atoms with Crippen molar-refractivity contribution in [3.8, 4) is 0 Å². The second kappa shape index (κ2) is 8.87. The molecule has 2 fully saturated rings. The Morgan fingerprint density at radius 3 is 2.43 bits per heavy atom. The molecule has 0 amide bonds. The maximum atomic E-state index is 12.1. The average molecular weight is 345 g/mol. The fourth-order valence-corrected chi connectivity index (χ4v) is 4.49. The van der Waals surface area contributed by atoms with Gasteiger partial charge in [-0.1, -0.05) is 19.8 Å². The van der Waals surface area contributed by atoms with Gasteiger partial charge in [-0.3, -0.25) is 4.99 Å². The molecule has 1 saturated carbocycles. The standard InChI is InChI=1S/C16H32N4O2S/c1-3-13-23(21,22)20-11-8-15(9-12-20)19-16(17-4-2)18-10-7-14-5-6-14/h14-15H,3-13H2,1-2H3,(H2,17,18,19). The first kappa shape index (κ1) is 18.5. The average Bonchev–Trinajstić information content (AvgIpc) is 3.32. The zero-order valence-corrected chi connectivity index (χ0v) is 15.4. The lowest BCUT2D eigenvalue weighted by molar-refractivity contribution is 0.306. The van der Waals surface area contributed by atoms with E-state index in [-0.39, 0.29) is 5.75 Å². The van der Waals surface area contributed by atoms with Crippen LogP contribution in [-0.2, 0) is 10.0 Å². The number of sulfonamides is 1. The van der Waals surface area contributed by atoms with Crippen LogP contribution in [0.25, 0.3) is 0 Å². The first-order valence-corrected chi connectivity index (χ1v) is 10.7. The van der Waals surface area contributed by atoms with Gasteiger partial charge in [0.05, 0.1) is 5.75 Å². The first-order valence-electron chi connectivity index (χ1n) is 9.07. The summed E-state index contributed by atoms with van der Waals surface area (Å²) in [6.07, 6.45) is 6.28. The third-order valence-corrected chi connectivity index (χ3v) is 6.57. The van der Waals surface area contributed by atoms with Crippen LogP contribution in [0.1, 0.15) is 52.4 Å². The molecule has 1 heterocycles. The van der Waals surface area contributed by atoms with Crippen LogP contribution in [0.15, 0.2) is 4.99 Å². The van der Waals surface area contributed by atoms with Crippen LogP contribution in [0.3, 0.4) is 0 Å². The van der Waals surface area contributed by atoms with Gasteiger partial charge in [-0.15, -0.1) is 0 Å². The summed E-state index contributed by atoms with van der Waals surface area (Å²) in [6.45, 7) is 6.93. The maximum absolute atomic E-state index is 12.1. The second-order valence-corrected chi connectivity index (χ2v) is 8.71. The Hall–Kier alpha value is -0.820. The van der Waals surface area contributed by atoms with E-state index in [1.165, 1.54) is 19.3 Å². The van der Waals surface area contributed by atoms with E-state index >= 15 is 0 Å². The molecule has 7 heteroatoms. The van der Waals surface area contributed by atoms with Crippen LogP contribution in [0.5, 0.6) is 0 Å². The van der Waals surface area contributed by atoms with Gasteiger partial charge in [0.25, 0.3) is 0 Å². The molecule has 2 N–H and O–H groups in total. The monoisotopic (exact) mass is 344 g/mol. The van der Waals surface area contributed by atoms with Crippen molar-refractivity contribution in [2.75, 3.05) is 31.9 Å². The van der Waals surface area contributed by atoms with Crippen molar-refractivity contribution in [1.82, 2.24) is 14.9 Å². The van der Waals surface area contributed by atoms with Crippen LogP contribution < -0.4 is 10.6 Å². The lowest BCUT2D eigenvalue weighted by Crippen LogP contribution is -2.50. The molecule has 0 aromatic heterocycles. The van der Waals surface area contributed by atoms with Crippen LogP contribution in [0.4, 0.5) is 0 Å². The van der Waals surface area contributed by atoms with Crippen LogP contribution in [0.2, 0.25) is 0 Å². The molecule has 0 spiro atoms. The van der Waals surface area contributed by atoms with E-state index in [1.54, 1.807) is 4.31 Å². The number of rotatable bonds is 8. The van der Waals surface area contributed by atoms with Gasteiger partial charge in [0.2, 0.25) is 10.0 Å². The third-order valence-electron chi connectivity index (χ3n) is 4.50. The van der Waals surface area contributed by atoms with Crippen molar-refractivity contribution in [1.29, 1.82) is 0 Å². The normalized spacial score (nSPS) is 21.4. The largest absolute Gasteiger partial charge is 0.357 e. The fraction of sp³-hybridized carbons (Fsp3) is 0.938. The van der Waals surface area contributed by atoms with Gasteiger partial charge in [-0.2, -0.15) is 0 Å². The van der Waals surface area contributed by atoms with Crippen molar-refractivity contribution in [2.45, 2.75) is 58.4 Å². The fourth-order valence-electron chi connectivity index (χ4n) is 2.94. The van der Waals surface area contributed by atoms with Crippen molar-refractivity contribution < 1.29 is 8.42 Å². The smallest absolute Gasteiger partial charge is 0.214 e. The van der Waals surface area contributed by atoms with Gasteiger partial charge in [-0.25, -0.2) is 12.7 Å². The lowest BCUT2D eigenvalue weighted by Gasteiger charge is -2.32. The molecule has 0 atom stereocenters. The van der Waals surface area contributed by atoms with Gasteiger partial charge < -0.3 is 10.6 Å². The first-order chi connectivity index (χ1) is 11.0. The highest BCUT2D eigenvalue weighted by Crippen LogP contribution is 2.32. The Bertz CT molecular complexity index is 480. The number of hydrogen-bond acceptors (Lipinski definition) is 3. The zero-order valence-electron chi connectivity index (χ0n) is 14.6. The molecule has 2 aliphatic rings. The molecule has 6 nitrogen and oxygen atoms in total. The van der Waals surface area contributed by atoms with Gasteiger partial charge in [-0.05, 0) is 38.5 Å². The molecule has 1 saturated heterocycles. The van der Waals surface area contributed by atoms with Crippen molar-refractivity contribution in [3.63, 3.8) is 0 Å². The Balaban J connectivity index is 1.78. The van der Waals surface area contributed by atoms with Gasteiger partial charge >= 0.3 is 0 Å². The minimum Gasteiger partial charge on any atom is -0.357 e. The molecule has 134 valence electrons. The maximum Gasteiger partial charge on any atom is 0.214 e. The number of nitrogens with one attached hydrogen (secondary N) is 2. The molecule has 0 aromatic rings. The number of nitrogens with zero attached hydrogens (tertiary/aromatic N) is 2. The van der Waals surface area contributed by atoms with E-state index in [9.17, 15) is 8.42 Å². The van der Waals surface area contributed by atoms with E-state index < -0.39 is 10.0 Å². The van der Waals surface area contributed by atoms with E-state index in [0.29, 0.717) is 25.6 Å². The Kier molecular flexibility index (Phi) is 7.14. The molecule has 1 aliphatic heterocycles. The van der Waals surface area contributed by atoms with Crippen LogP contribution >= 0.6 is 0 Å². The summed E-state index contributed by atoms with van der Waals surface area (Å²) in [7, 11) is -3.05. The minimum absolute atomic E-state index is 0.260. The molecule has 2 rings (SSSR count). The highest BCUT2D eigenvalue weighted by atomic mass is 32.2. The van der Waals surface area contributed by atoms with E-state index in [0.717, 1.165) is 37.8 Å². The summed E-state index contributed by atoms with van der Waals surface area (Å²) >= 11 is 0. The third kappa shape index (κ3) is 6.30. The summed E-state index contributed by atoms with van der Waals surface area (Å²) < 4.78 is 25.8. The molecule has 1 aliphatic carbocycles. The van der Waals surface area contributed by atoms with E-state index in [4.69, 9.17) is 0 Å². The molecule has 0 radical (unpaired) electrons. The topological polar surface area (TPSA) is 73.8 Å². The van der Waals surface area contributed by atoms with Crippen LogP contribution in [-0.4, -0.2) is 56.7 Å². The number of aliphatic imine (C=N–C) groups is 1. The molecule has 0 bridgehead atoms. The molecule has 23 heavy (non-hydrogen) atoms. The van der Waals surface area contributed by atoms with Gasteiger partial charge in [0.15, 0.2) is 5.96 Å². The Morgan fingerprint density at radius 2 is 1.87 bits per heavy atom. The van der Waals surface area contributed by atoms with Crippen molar-refractivity contribution in [3.05, 3.63) is 0 Å². The Labute approximate surface area is 141 Å². The molecule has 0 aromatic carbocycles. The predicted molar refractivity (Wildman–Crippen MR) is 95.1 cm³/mol. The summed E-state index contributed by atoms with van der Waals surface area (Å²) in [5.41, 5.74) is 0. The summed E-state index contributed by atoms with van der Waals surface area (Å²) in [5.74, 6) is 2.03. The summed E-state index contributed by atoms with van der Waals surface area (Å²) in [5, 5.41) is 6.77. The highest BCUT2D eigenvalue weighted by molar-refractivity contribution is 7.89. The molecule has 0 unspecified atom stereocenters. The van der Waals surface area contributed by atoms with E-state index in [1.807, 2.05) is 6.92 Å². The highest BCUT2D eigenvalue weighted by Gasteiger charge is 2.27. The van der Waals surface area contributed by atoms with Gasteiger partial charge in [0.1, 0.15) is 0 Å². The quantitative estimate of drug-likeness (QED) is 0.517. The summed E-state index contributed by atoms with van der Waals surface area (Å²) in [6, 6.07) is 0.307. The number of piperidine rings is 1. The van der Waals surface area contributed by atoms with Crippen LogP contribution in [0, 0.1) is 5.92 Å². The van der Waals surface area contributed by atoms with Crippen molar-refractivity contribution >= 4 is 16.0 Å². The minimum atomic E-state index is -3.05. The predicted octanol–water partition coefficient (Wildman–Crippen LogP) is 1.55. The Morgan fingerprint density at radius 1 is 1.17 bits per heavy atom. The lowest BCUT2D eigenvalue weighted by atomic mass is 10.1. The second-order valence-electron chi connectivity index (χ2n) is 6.63. The van der Waals surface area contributed by atoms with E-state index in [2.05, 4.69) is 22.5 Å². The zero-order chi connectivity index (χ0) is 16.7. The molecular formula is C16H32N4O2S. The van der Waals surface area contributed by atoms with Crippen molar-refractivity contribution in [2.24, 2.45) is 10.9 Å². The number of guanidine groups is 1. The molecular weight excluding hydrogens is 312 g/mol. The SMILES string of the molecule is CCCS(=O)(=O)N1CCC(NC(=NCCC2CC2)NCC)CC1. The summed E-state index contributed by atoms with van der Waals surface area (Å²) in [4.78, 5) is 4.65. The number of hydrogen-bond donors (Lipinski definition) is 2. The van der Waals surface area contributed by atoms with Gasteiger partial charge in [0, 0.05) is 32.2 Å².